The molecule has 2 aromatic rings. The minimum absolute atomic E-state index is 0.103. The van der Waals surface area contributed by atoms with Crippen molar-refractivity contribution < 1.29 is 23.5 Å². The second kappa shape index (κ2) is 10.7. The van der Waals surface area contributed by atoms with Gasteiger partial charge in [-0.05, 0) is 24.1 Å². The molecule has 0 aliphatic carbocycles. The molecule has 1 heterocycles. The molecule has 0 radical (unpaired) electrons. The summed E-state index contributed by atoms with van der Waals surface area (Å²) in [6.45, 7) is 5.59. The van der Waals surface area contributed by atoms with E-state index in [2.05, 4.69) is 10.1 Å². The molecule has 0 aliphatic heterocycles. The molecule has 8 nitrogen and oxygen atoms in total. The quantitative estimate of drug-likeness (QED) is 0.582. The Balaban J connectivity index is 2.05. The third kappa shape index (κ3) is 5.95. The summed E-state index contributed by atoms with van der Waals surface area (Å²) >= 11 is 0. The lowest BCUT2D eigenvalue weighted by Gasteiger charge is -2.22. The Hall–Kier alpha value is -2.61. The van der Waals surface area contributed by atoms with Gasteiger partial charge in [0.05, 0.1) is 20.8 Å². The van der Waals surface area contributed by atoms with Crippen molar-refractivity contribution in [3.05, 3.63) is 24.1 Å². The fourth-order valence-corrected chi connectivity index (χ4v) is 2.72. The SMILES string of the molecule is COCCN(CCc1nc(-c2ccc(OC)c(OC)c2)no1)C(=O)CC(C)C. The maximum absolute atomic E-state index is 12.4. The minimum Gasteiger partial charge on any atom is -0.493 e. The zero-order chi connectivity index (χ0) is 20.5. The highest BCUT2D eigenvalue weighted by atomic mass is 16.5. The van der Waals surface area contributed by atoms with Crippen LogP contribution in [0.25, 0.3) is 11.4 Å². The van der Waals surface area contributed by atoms with Crippen molar-refractivity contribution in [1.82, 2.24) is 15.0 Å². The summed E-state index contributed by atoms with van der Waals surface area (Å²) in [5.74, 6) is 2.57. The van der Waals surface area contributed by atoms with Crippen molar-refractivity contribution in [3.63, 3.8) is 0 Å². The molecule has 0 unspecified atom stereocenters. The van der Waals surface area contributed by atoms with Crippen LogP contribution in [0.4, 0.5) is 0 Å². The number of ether oxygens (including phenoxy) is 3. The first-order chi connectivity index (χ1) is 13.5. The highest BCUT2D eigenvalue weighted by Crippen LogP contribution is 2.31. The summed E-state index contributed by atoms with van der Waals surface area (Å²) in [5, 5.41) is 4.04. The number of rotatable bonds is 11. The first-order valence-electron chi connectivity index (χ1n) is 9.30. The van der Waals surface area contributed by atoms with Crippen LogP contribution in [0.15, 0.2) is 22.7 Å². The van der Waals surface area contributed by atoms with E-state index < -0.39 is 0 Å². The number of benzene rings is 1. The molecule has 0 saturated heterocycles. The predicted octanol–water partition coefficient (Wildman–Crippen LogP) is 2.82. The van der Waals surface area contributed by atoms with E-state index in [0.717, 1.165) is 5.56 Å². The third-order valence-electron chi connectivity index (χ3n) is 4.21. The number of aromatic nitrogens is 2. The Kier molecular flexibility index (Phi) is 8.25. The van der Waals surface area contributed by atoms with Gasteiger partial charge in [-0.2, -0.15) is 4.98 Å². The Morgan fingerprint density at radius 2 is 1.89 bits per heavy atom. The monoisotopic (exact) mass is 391 g/mol. The lowest BCUT2D eigenvalue weighted by atomic mass is 10.1. The zero-order valence-electron chi connectivity index (χ0n) is 17.2. The van der Waals surface area contributed by atoms with Crippen LogP contribution in [-0.4, -0.2) is 62.0 Å². The molecule has 0 aliphatic rings. The Bertz CT molecular complexity index is 760. The van der Waals surface area contributed by atoms with Gasteiger partial charge in [0, 0.05) is 38.6 Å². The van der Waals surface area contributed by atoms with Gasteiger partial charge < -0.3 is 23.6 Å². The molecule has 1 aromatic carbocycles. The average molecular weight is 391 g/mol. The van der Waals surface area contributed by atoms with E-state index in [1.165, 1.54) is 0 Å². The van der Waals surface area contributed by atoms with Crippen LogP contribution in [0.5, 0.6) is 11.5 Å². The van der Waals surface area contributed by atoms with Crippen molar-refractivity contribution in [2.45, 2.75) is 26.7 Å². The van der Waals surface area contributed by atoms with Crippen LogP contribution < -0.4 is 9.47 Å². The average Bonchev–Trinajstić information content (AvgIpc) is 3.15. The molecule has 8 heteroatoms. The third-order valence-corrected chi connectivity index (χ3v) is 4.21. The van der Waals surface area contributed by atoms with E-state index in [-0.39, 0.29) is 5.91 Å². The lowest BCUT2D eigenvalue weighted by molar-refractivity contribution is -0.132. The number of amides is 1. The molecular weight excluding hydrogens is 362 g/mol. The summed E-state index contributed by atoms with van der Waals surface area (Å²) in [6.07, 6.45) is 0.984. The molecule has 2 rings (SSSR count). The smallest absolute Gasteiger partial charge is 0.228 e. The number of hydrogen-bond acceptors (Lipinski definition) is 7. The predicted molar refractivity (Wildman–Crippen MR) is 104 cm³/mol. The number of carbonyl (C=O) groups excluding carboxylic acids is 1. The zero-order valence-corrected chi connectivity index (χ0v) is 17.2. The molecule has 0 spiro atoms. The van der Waals surface area contributed by atoms with Gasteiger partial charge in [-0.15, -0.1) is 0 Å². The fraction of sp³-hybridized carbons (Fsp3) is 0.550. The number of hydrogen-bond donors (Lipinski definition) is 0. The summed E-state index contributed by atoms with van der Waals surface area (Å²) in [5.41, 5.74) is 0.764. The molecule has 0 atom stereocenters. The Morgan fingerprint density at radius 3 is 2.54 bits per heavy atom. The largest absolute Gasteiger partial charge is 0.493 e. The maximum Gasteiger partial charge on any atom is 0.228 e. The van der Waals surface area contributed by atoms with Crippen LogP contribution in [-0.2, 0) is 16.0 Å². The summed E-state index contributed by atoms with van der Waals surface area (Å²) in [7, 11) is 4.78. The van der Waals surface area contributed by atoms with Gasteiger partial charge in [0.2, 0.25) is 17.6 Å². The molecule has 0 saturated carbocycles. The van der Waals surface area contributed by atoms with Crippen molar-refractivity contribution in [3.8, 4) is 22.9 Å². The molecule has 28 heavy (non-hydrogen) atoms. The number of nitrogens with zero attached hydrogens (tertiary/aromatic N) is 3. The number of methoxy groups -OCH3 is 3. The molecule has 1 amide bonds. The van der Waals surface area contributed by atoms with E-state index in [4.69, 9.17) is 18.7 Å². The summed E-state index contributed by atoms with van der Waals surface area (Å²) < 4.78 is 21.0. The van der Waals surface area contributed by atoms with Crippen molar-refractivity contribution >= 4 is 5.91 Å². The van der Waals surface area contributed by atoms with Crippen molar-refractivity contribution in [2.24, 2.45) is 5.92 Å². The van der Waals surface area contributed by atoms with Crippen molar-refractivity contribution in [1.29, 1.82) is 0 Å². The Morgan fingerprint density at radius 1 is 1.14 bits per heavy atom. The van der Waals surface area contributed by atoms with Gasteiger partial charge in [0.25, 0.3) is 0 Å². The van der Waals surface area contributed by atoms with Crippen LogP contribution >= 0.6 is 0 Å². The second-order valence-electron chi connectivity index (χ2n) is 6.80. The molecule has 1 aromatic heterocycles. The summed E-state index contributed by atoms with van der Waals surface area (Å²) in [6, 6.07) is 5.43. The van der Waals surface area contributed by atoms with Gasteiger partial charge in [-0.25, -0.2) is 0 Å². The van der Waals surface area contributed by atoms with E-state index in [1.807, 2.05) is 19.9 Å². The van der Waals surface area contributed by atoms with E-state index in [1.54, 1.807) is 38.4 Å². The highest BCUT2D eigenvalue weighted by molar-refractivity contribution is 5.76. The van der Waals surface area contributed by atoms with Gasteiger partial charge >= 0.3 is 0 Å². The van der Waals surface area contributed by atoms with E-state index >= 15 is 0 Å². The first-order valence-corrected chi connectivity index (χ1v) is 9.30. The molecule has 0 bridgehead atoms. The van der Waals surface area contributed by atoms with E-state index in [0.29, 0.717) is 61.7 Å². The standard InChI is InChI=1S/C20H29N3O5/c1-14(2)12-19(24)23(10-11-25-3)9-8-18-21-20(22-28-18)15-6-7-16(26-4)17(13-15)27-5/h6-7,13-14H,8-12H2,1-5H3. The van der Waals surface area contributed by atoms with Gasteiger partial charge in [-0.3, -0.25) is 4.79 Å². The van der Waals surface area contributed by atoms with E-state index in [9.17, 15) is 4.79 Å². The van der Waals surface area contributed by atoms with Gasteiger partial charge in [0.1, 0.15) is 0 Å². The topological polar surface area (TPSA) is 86.9 Å². The van der Waals surface area contributed by atoms with Gasteiger partial charge in [-0.1, -0.05) is 19.0 Å². The molecule has 154 valence electrons. The molecular formula is C20H29N3O5. The van der Waals surface area contributed by atoms with Crippen LogP contribution in [0.3, 0.4) is 0 Å². The first kappa shape index (κ1) is 21.7. The normalized spacial score (nSPS) is 10.9. The highest BCUT2D eigenvalue weighted by Gasteiger charge is 2.17. The van der Waals surface area contributed by atoms with Crippen molar-refractivity contribution in [2.75, 3.05) is 41.0 Å². The molecule has 0 N–H and O–H groups in total. The lowest BCUT2D eigenvalue weighted by Crippen LogP contribution is -2.36. The fourth-order valence-electron chi connectivity index (χ4n) is 2.72. The van der Waals surface area contributed by atoms with Crippen LogP contribution in [0.2, 0.25) is 0 Å². The maximum atomic E-state index is 12.4. The number of carbonyl (C=O) groups is 1. The van der Waals surface area contributed by atoms with Crippen LogP contribution in [0, 0.1) is 5.92 Å². The minimum atomic E-state index is 0.103. The van der Waals surface area contributed by atoms with Crippen LogP contribution in [0.1, 0.15) is 26.2 Å². The molecule has 0 fully saturated rings. The summed E-state index contributed by atoms with van der Waals surface area (Å²) in [4.78, 5) is 18.6. The second-order valence-corrected chi connectivity index (χ2v) is 6.80. The van der Waals surface area contributed by atoms with Gasteiger partial charge in [0.15, 0.2) is 11.5 Å². The Labute approximate surface area is 165 Å².